The van der Waals surface area contributed by atoms with E-state index in [-0.39, 0.29) is 0 Å². The highest BCUT2D eigenvalue weighted by Gasteiger charge is 2.12. The average molecular weight is 350 g/mol. The molecule has 0 spiro atoms. The van der Waals surface area contributed by atoms with Crippen molar-refractivity contribution < 1.29 is 18.9 Å². The molecular weight excluding hydrogens is 316 g/mol. The van der Waals surface area contributed by atoms with Gasteiger partial charge in [-0.2, -0.15) is 0 Å². The Kier molecular flexibility index (Phi) is 10.4. The highest BCUT2D eigenvalue weighted by molar-refractivity contribution is 5.44. The van der Waals surface area contributed by atoms with Crippen molar-refractivity contribution in [3.8, 4) is 11.5 Å². The SMILES string of the molecule is COCCCCCCCCCCCCOCc1ccc2c(c1)OCO2. The molecule has 2 rings (SSSR count). The van der Waals surface area contributed by atoms with Gasteiger partial charge >= 0.3 is 0 Å². The van der Waals surface area contributed by atoms with Gasteiger partial charge in [-0.15, -0.1) is 0 Å². The van der Waals surface area contributed by atoms with Crippen LogP contribution in [0.1, 0.15) is 69.8 Å². The van der Waals surface area contributed by atoms with Crippen molar-refractivity contribution in [2.75, 3.05) is 27.1 Å². The lowest BCUT2D eigenvalue weighted by Crippen LogP contribution is -1.96. The standard InChI is InChI=1S/C21H34O4/c1-22-14-10-8-6-4-2-3-5-7-9-11-15-23-17-19-12-13-20-21(16-19)25-18-24-20/h12-13,16H,2-11,14-15,17-18H2,1H3. The highest BCUT2D eigenvalue weighted by atomic mass is 16.7. The van der Waals surface area contributed by atoms with E-state index in [1.807, 2.05) is 18.2 Å². The van der Waals surface area contributed by atoms with Crippen LogP contribution in [0, 0.1) is 0 Å². The molecule has 4 heteroatoms. The van der Waals surface area contributed by atoms with E-state index in [2.05, 4.69) is 0 Å². The Balaban J connectivity index is 1.34. The summed E-state index contributed by atoms with van der Waals surface area (Å²) in [6.07, 6.45) is 13.1. The van der Waals surface area contributed by atoms with Crippen molar-refractivity contribution in [2.24, 2.45) is 0 Å². The second kappa shape index (κ2) is 13.0. The van der Waals surface area contributed by atoms with Crippen LogP contribution in [0.2, 0.25) is 0 Å². The van der Waals surface area contributed by atoms with Gasteiger partial charge in [-0.05, 0) is 30.5 Å². The quantitative estimate of drug-likeness (QED) is 0.393. The van der Waals surface area contributed by atoms with Crippen LogP contribution in [0.3, 0.4) is 0 Å². The molecule has 0 atom stereocenters. The van der Waals surface area contributed by atoms with Crippen molar-refractivity contribution in [1.29, 1.82) is 0 Å². The Morgan fingerprint density at radius 3 is 2.04 bits per heavy atom. The van der Waals surface area contributed by atoms with Crippen molar-refractivity contribution in [3.63, 3.8) is 0 Å². The minimum atomic E-state index is 0.327. The lowest BCUT2D eigenvalue weighted by molar-refractivity contribution is 0.116. The molecule has 0 unspecified atom stereocenters. The highest BCUT2D eigenvalue weighted by Crippen LogP contribution is 2.32. The Bertz CT molecular complexity index is 461. The van der Waals surface area contributed by atoms with Crippen LogP contribution in [0.15, 0.2) is 18.2 Å². The second-order valence-electron chi connectivity index (χ2n) is 6.77. The summed E-state index contributed by atoms with van der Waals surface area (Å²) in [6.45, 7) is 2.73. The normalized spacial score (nSPS) is 12.7. The molecular formula is C21H34O4. The number of benzene rings is 1. The van der Waals surface area contributed by atoms with Crippen LogP contribution >= 0.6 is 0 Å². The third kappa shape index (κ3) is 8.59. The van der Waals surface area contributed by atoms with Crippen LogP contribution in [0.25, 0.3) is 0 Å². The van der Waals surface area contributed by atoms with Crippen LogP contribution < -0.4 is 9.47 Å². The predicted molar refractivity (Wildman–Crippen MR) is 100 cm³/mol. The number of hydrogen-bond donors (Lipinski definition) is 0. The molecule has 1 aromatic carbocycles. The van der Waals surface area contributed by atoms with Gasteiger partial charge in [-0.3, -0.25) is 0 Å². The van der Waals surface area contributed by atoms with Crippen molar-refractivity contribution in [3.05, 3.63) is 23.8 Å². The zero-order valence-electron chi connectivity index (χ0n) is 15.8. The fourth-order valence-electron chi connectivity index (χ4n) is 3.09. The molecule has 0 fully saturated rings. The van der Waals surface area contributed by atoms with Crippen LogP contribution in [-0.2, 0) is 16.1 Å². The summed E-state index contributed by atoms with van der Waals surface area (Å²) < 4.78 is 21.5. The van der Waals surface area contributed by atoms with Crippen LogP contribution in [0.4, 0.5) is 0 Å². The lowest BCUT2D eigenvalue weighted by atomic mass is 10.1. The van der Waals surface area contributed by atoms with E-state index in [9.17, 15) is 0 Å². The van der Waals surface area contributed by atoms with Gasteiger partial charge in [0.25, 0.3) is 0 Å². The maximum absolute atomic E-state index is 5.76. The van der Waals surface area contributed by atoms with Gasteiger partial charge in [0.05, 0.1) is 6.61 Å². The van der Waals surface area contributed by atoms with E-state index in [1.165, 1.54) is 57.8 Å². The fraction of sp³-hybridized carbons (Fsp3) is 0.714. The maximum Gasteiger partial charge on any atom is 0.231 e. The van der Waals surface area contributed by atoms with Crippen LogP contribution in [0.5, 0.6) is 11.5 Å². The molecule has 1 aliphatic rings. The van der Waals surface area contributed by atoms with Crippen molar-refractivity contribution >= 4 is 0 Å². The minimum Gasteiger partial charge on any atom is -0.454 e. The van der Waals surface area contributed by atoms with Gasteiger partial charge < -0.3 is 18.9 Å². The number of ether oxygens (including phenoxy) is 4. The summed E-state index contributed by atoms with van der Waals surface area (Å²) >= 11 is 0. The Labute approximate surface area is 152 Å². The molecule has 0 radical (unpaired) electrons. The van der Waals surface area contributed by atoms with Gasteiger partial charge in [0.2, 0.25) is 6.79 Å². The maximum atomic E-state index is 5.76. The summed E-state index contributed by atoms with van der Waals surface area (Å²) in [5.41, 5.74) is 1.15. The summed E-state index contributed by atoms with van der Waals surface area (Å²) in [6, 6.07) is 6.01. The number of fused-ring (bicyclic) bond motifs is 1. The Morgan fingerprint density at radius 2 is 1.36 bits per heavy atom. The monoisotopic (exact) mass is 350 g/mol. The predicted octanol–water partition coefficient (Wildman–Crippen LogP) is 5.48. The molecule has 142 valence electrons. The van der Waals surface area contributed by atoms with E-state index in [1.54, 1.807) is 7.11 Å². The van der Waals surface area contributed by atoms with Gasteiger partial charge in [0, 0.05) is 20.3 Å². The zero-order chi connectivity index (χ0) is 17.6. The number of hydrogen-bond acceptors (Lipinski definition) is 4. The molecule has 1 aromatic rings. The van der Waals surface area contributed by atoms with Gasteiger partial charge in [0.15, 0.2) is 11.5 Å². The lowest BCUT2D eigenvalue weighted by Gasteiger charge is -2.06. The molecule has 1 heterocycles. The summed E-state index contributed by atoms with van der Waals surface area (Å²) in [5.74, 6) is 1.67. The summed E-state index contributed by atoms with van der Waals surface area (Å²) in [7, 11) is 1.78. The zero-order valence-corrected chi connectivity index (χ0v) is 15.8. The molecule has 25 heavy (non-hydrogen) atoms. The second-order valence-corrected chi connectivity index (χ2v) is 6.77. The van der Waals surface area contributed by atoms with E-state index >= 15 is 0 Å². The number of methoxy groups -OCH3 is 1. The minimum absolute atomic E-state index is 0.327. The molecule has 0 saturated heterocycles. The van der Waals surface area contributed by atoms with E-state index < -0.39 is 0 Å². The Morgan fingerprint density at radius 1 is 0.760 bits per heavy atom. The van der Waals surface area contributed by atoms with Gasteiger partial charge in [0.1, 0.15) is 0 Å². The first-order valence-corrected chi connectivity index (χ1v) is 9.85. The average Bonchev–Trinajstić information content (AvgIpc) is 3.10. The molecule has 0 aliphatic carbocycles. The molecule has 4 nitrogen and oxygen atoms in total. The third-order valence-electron chi connectivity index (χ3n) is 4.59. The molecule has 0 bridgehead atoms. The van der Waals surface area contributed by atoms with Crippen LogP contribution in [-0.4, -0.2) is 27.1 Å². The largest absolute Gasteiger partial charge is 0.454 e. The molecule has 0 amide bonds. The first-order valence-electron chi connectivity index (χ1n) is 9.85. The Hall–Kier alpha value is -1.26. The first kappa shape index (κ1) is 20.1. The summed E-state index contributed by atoms with van der Waals surface area (Å²) in [5, 5.41) is 0. The van der Waals surface area contributed by atoms with E-state index in [0.29, 0.717) is 13.4 Å². The van der Waals surface area contributed by atoms with Gasteiger partial charge in [-0.1, -0.05) is 57.4 Å². The smallest absolute Gasteiger partial charge is 0.231 e. The van der Waals surface area contributed by atoms with Crippen molar-refractivity contribution in [1.82, 2.24) is 0 Å². The molecule has 0 saturated carbocycles. The summed E-state index contributed by atoms with van der Waals surface area (Å²) in [4.78, 5) is 0. The van der Waals surface area contributed by atoms with E-state index in [0.717, 1.165) is 36.7 Å². The number of rotatable bonds is 15. The topological polar surface area (TPSA) is 36.9 Å². The van der Waals surface area contributed by atoms with Gasteiger partial charge in [-0.25, -0.2) is 0 Å². The first-order chi connectivity index (χ1) is 12.4. The molecule has 0 N–H and O–H groups in total. The fourth-order valence-corrected chi connectivity index (χ4v) is 3.09. The van der Waals surface area contributed by atoms with Crippen molar-refractivity contribution in [2.45, 2.75) is 70.8 Å². The molecule has 1 aliphatic heterocycles. The number of unbranched alkanes of at least 4 members (excludes halogenated alkanes) is 9. The third-order valence-corrected chi connectivity index (χ3v) is 4.59. The molecule has 0 aromatic heterocycles. The van der Waals surface area contributed by atoms with E-state index in [4.69, 9.17) is 18.9 Å².